The molecule has 2 N–H and O–H groups in total. The van der Waals surface area contributed by atoms with Gasteiger partial charge in [0.05, 0.1) is 17.3 Å². The molecule has 8 heteroatoms. The van der Waals surface area contributed by atoms with Crippen LogP contribution < -0.4 is 10.9 Å². The normalized spacial score (nSPS) is 18.1. The molecule has 1 saturated carbocycles. The Kier molecular flexibility index (Phi) is 5.33. The monoisotopic (exact) mass is 464 g/mol. The SMILES string of the molecule is O=C(NC1CCC(c2n[nH]c(=O)c3ccccc23)CC1)c1cnc2cc(-c3cccnc3)ccn12. The molecule has 0 aliphatic heterocycles. The lowest BCUT2D eigenvalue weighted by Crippen LogP contribution is -2.38. The van der Waals surface area contributed by atoms with Gasteiger partial charge in [0.2, 0.25) is 0 Å². The standard InChI is InChI=1S/C27H24N6O2/c34-26-22-6-2-1-5-21(22)25(31-32-26)17-7-9-20(10-8-17)30-27(35)23-16-29-24-14-18(11-13-33(23)24)19-4-3-12-28-15-19/h1-6,11-17,20H,7-10H2,(H,30,35)(H,32,34). The van der Waals surface area contributed by atoms with Crippen LogP contribution in [0.15, 0.2) is 78.1 Å². The summed E-state index contributed by atoms with van der Waals surface area (Å²) in [5, 5.41) is 11.8. The molecule has 1 aliphatic carbocycles. The molecule has 1 fully saturated rings. The van der Waals surface area contributed by atoms with Crippen LogP contribution in [-0.2, 0) is 0 Å². The number of fused-ring (bicyclic) bond motifs is 2. The summed E-state index contributed by atoms with van der Waals surface area (Å²) in [6, 6.07) is 15.5. The van der Waals surface area contributed by atoms with E-state index >= 15 is 0 Å². The Balaban J connectivity index is 1.15. The number of H-pyrrole nitrogens is 1. The van der Waals surface area contributed by atoms with Crippen molar-refractivity contribution in [1.82, 2.24) is 29.9 Å². The van der Waals surface area contributed by atoms with E-state index in [1.807, 2.05) is 65.3 Å². The smallest absolute Gasteiger partial charge is 0.272 e. The van der Waals surface area contributed by atoms with Gasteiger partial charge < -0.3 is 5.32 Å². The number of rotatable bonds is 4. The molecule has 8 nitrogen and oxygen atoms in total. The average molecular weight is 465 g/mol. The maximum absolute atomic E-state index is 13.1. The fourth-order valence-corrected chi connectivity index (χ4v) is 5.08. The molecule has 0 spiro atoms. The summed E-state index contributed by atoms with van der Waals surface area (Å²) in [6.45, 7) is 0. The Morgan fingerprint density at radius 2 is 1.80 bits per heavy atom. The maximum atomic E-state index is 13.1. The van der Waals surface area contributed by atoms with Gasteiger partial charge in [-0.25, -0.2) is 10.1 Å². The minimum absolute atomic E-state index is 0.0907. The van der Waals surface area contributed by atoms with Crippen molar-refractivity contribution in [1.29, 1.82) is 0 Å². The predicted octanol–water partition coefficient (Wildman–Crippen LogP) is 4.09. The second-order valence-electron chi connectivity index (χ2n) is 9.03. The molecular formula is C27H24N6O2. The third-order valence-electron chi connectivity index (χ3n) is 6.92. The fraction of sp³-hybridized carbons (Fsp3) is 0.222. The number of carbonyl (C=O) groups excluding carboxylic acids is 1. The zero-order valence-corrected chi connectivity index (χ0v) is 19.0. The zero-order valence-electron chi connectivity index (χ0n) is 19.0. The third kappa shape index (κ3) is 3.97. The van der Waals surface area contributed by atoms with E-state index < -0.39 is 0 Å². The molecule has 1 amide bonds. The van der Waals surface area contributed by atoms with Crippen LogP contribution in [0.4, 0.5) is 0 Å². The van der Waals surface area contributed by atoms with E-state index in [-0.39, 0.29) is 23.4 Å². The van der Waals surface area contributed by atoms with E-state index in [1.165, 1.54) is 0 Å². The second-order valence-corrected chi connectivity index (χ2v) is 9.03. The summed E-state index contributed by atoms with van der Waals surface area (Å²) in [5.74, 6) is 0.134. The summed E-state index contributed by atoms with van der Waals surface area (Å²) in [7, 11) is 0. The molecule has 4 heterocycles. The second kappa shape index (κ2) is 8.79. The van der Waals surface area contributed by atoms with Crippen molar-refractivity contribution in [2.75, 3.05) is 0 Å². The molecule has 0 bridgehead atoms. The highest BCUT2D eigenvalue weighted by atomic mass is 16.2. The number of benzene rings is 1. The number of aromatic nitrogens is 5. The molecule has 6 rings (SSSR count). The Morgan fingerprint density at radius 1 is 0.971 bits per heavy atom. The Morgan fingerprint density at radius 3 is 2.60 bits per heavy atom. The average Bonchev–Trinajstić information content (AvgIpc) is 3.34. The van der Waals surface area contributed by atoms with Crippen molar-refractivity contribution < 1.29 is 4.79 Å². The van der Waals surface area contributed by atoms with Crippen LogP contribution >= 0.6 is 0 Å². The van der Waals surface area contributed by atoms with Gasteiger partial charge in [0, 0.05) is 41.5 Å². The van der Waals surface area contributed by atoms with E-state index in [0.717, 1.165) is 53.5 Å². The van der Waals surface area contributed by atoms with Gasteiger partial charge in [-0.05, 0) is 55.5 Å². The quantitative estimate of drug-likeness (QED) is 0.417. The first kappa shape index (κ1) is 21.2. The third-order valence-corrected chi connectivity index (χ3v) is 6.92. The van der Waals surface area contributed by atoms with E-state index in [9.17, 15) is 9.59 Å². The number of aromatic amines is 1. The van der Waals surface area contributed by atoms with Crippen molar-refractivity contribution in [3.8, 4) is 11.1 Å². The van der Waals surface area contributed by atoms with E-state index in [2.05, 4.69) is 25.5 Å². The van der Waals surface area contributed by atoms with Crippen LogP contribution in [0.5, 0.6) is 0 Å². The minimum atomic E-state index is -0.161. The number of nitrogens with zero attached hydrogens (tertiary/aromatic N) is 4. The Labute approximate surface area is 201 Å². The van der Waals surface area contributed by atoms with Crippen LogP contribution in [0.3, 0.4) is 0 Å². The van der Waals surface area contributed by atoms with Gasteiger partial charge in [-0.2, -0.15) is 5.10 Å². The van der Waals surface area contributed by atoms with Crippen molar-refractivity contribution >= 4 is 22.3 Å². The van der Waals surface area contributed by atoms with Gasteiger partial charge >= 0.3 is 0 Å². The highest BCUT2D eigenvalue weighted by molar-refractivity contribution is 5.93. The molecule has 1 aromatic carbocycles. The summed E-state index contributed by atoms with van der Waals surface area (Å²) in [5.41, 5.74) is 4.03. The molecule has 0 saturated heterocycles. The summed E-state index contributed by atoms with van der Waals surface area (Å²) in [6.07, 6.45) is 10.6. The van der Waals surface area contributed by atoms with Crippen molar-refractivity contribution in [2.45, 2.75) is 37.6 Å². The highest BCUT2D eigenvalue weighted by Gasteiger charge is 2.27. The number of amides is 1. The largest absolute Gasteiger partial charge is 0.348 e. The molecule has 5 aromatic rings. The van der Waals surface area contributed by atoms with Crippen molar-refractivity contribution in [3.63, 3.8) is 0 Å². The van der Waals surface area contributed by atoms with E-state index in [0.29, 0.717) is 11.1 Å². The first-order chi connectivity index (χ1) is 17.2. The predicted molar refractivity (Wildman–Crippen MR) is 133 cm³/mol. The summed E-state index contributed by atoms with van der Waals surface area (Å²) < 4.78 is 1.82. The van der Waals surface area contributed by atoms with Crippen LogP contribution in [0.1, 0.15) is 47.8 Å². The highest BCUT2D eigenvalue weighted by Crippen LogP contribution is 2.34. The number of imidazole rings is 1. The number of hydrogen-bond acceptors (Lipinski definition) is 5. The van der Waals surface area contributed by atoms with Gasteiger partial charge in [-0.15, -0.1) is 0 Å². The molecule has 0 radical (unpaired) electrons. The topological polar surface area (TPSA) is 105 Å². The van der Waals surface area contributed by atoms with Gasteiger partial charge in [-0.1, -0.05) is 24.3 Å². The lowest BCUT2D eigenvalue weighted by Gasteiger charge is -2.29. The first-order valence-electron chi connectivity index (χ1n) is 11.8. The molecule has 0 atom stereocenters. The van der Waals surface area contributed by atoms with Gasteiger partial charge in [0.1, 0.15) is 11.3 Å². The lowest BCUT2D eigenvalue weighted by molar-refractivity contribution is 0.0919. The van der Waals surface area contributed by atoms with Gasteiger partial charge in [0.25, 0.3) is 11.5 Å². The zero-order chi connectivity index (χ0) is 23.8. The molecular weight excluding hydrogens is 440 g/mol. The lowest BCUT2D eigenvalue weighted by atomic mass is 9.82. The van der Waals surface area contributed by atoms with E-state index in [1.54, 1.807) is 12.4 Å². The molecule has 4 aromatic heterocycles. The van der Waals surface area contributed by atoms with Crippen molar-refractivity contribution in [2.24, 2.45) is 0 Å². The number of pyridine rings is 2. The summed E-state index contributed by atoms with van der Waals surface area (Å²) in [4.78, 5) is 33.8. The Bertz CT molecular complexity index is 1580. The van der Waals surface area contributed by atoms with Gasteiger partial charge in [0.15, 0.2) is 0 Å². The molecule has 174 valence electrons. The first-order valence-corrected chi connectivity index (χ1v) is 11.8. The number of hydrogen-bond donors (Lipinski definition) is 2. The van der Waals surface area contributed by atoms with Crippen molar-refractivity contribution in [3.05, 3.63) is 95.1 Å². The van der Waals surface area contributed by atoms with Gasteiger partial charge in [-0.3, -0.25) is 19.0 Å². The maximum Gasteiger partial charge on any atom is 0.272 e. The van der Waals surface area contributed by atoms with Crippen LogP contribution in [0, 0.1) is 0 Å². The minimum Gasteiger partial charge on any atom is -0.348 e. The number of nitrogens with one attached hydrogen (secondary N) is 2. The van der Waals surface area contributed by atoms with E-state index in [4.69, 9.17) is 0 Å². The molecule has 35 heavy (non-hydrogen) atoms. The fourth-order valence-electron chi connectivity index (χ4n) is 5.08. The summed E-state index contributed by atoms with van der Waals surface area (Å²) >= 11 is 0. The van der Waals surface area contributed by atoms with Crippen LogP contribution in [-0.4, -0.2) is 36.5 Å². The molecule has 1 aliphatic rings. The van der Waals surface area contributed by atoms with Crippen LogP contribution in [0.2, 0.25) is 0 Å². The molecule has 0 unspecified atom stereocenters. The van der Waals surface area contributed by atoms with Crippen LogP contribution in [0.25, 0.3) is 27.5 Å². The Hall–Kier alpha value is -4.33. The number of carbonyl (C=O) groups is 1.